The van der Waals surface area contributed by atoms with Crippen molar-refractivity contribution in [3.63, 3.8) is 0 Å². The third-order valence-corrected chi connectivity index (χ3v) is 6.14. The average Bonchev–Trinajstić information content (AvgIpc) is 2.87. The number of hydrogen-bond donors (Lipinski definition) is 3. The second-order valence-corrected chi connectivity index (χ2v) is 8.22. The fourth-order valence-corrected chi connectivity index (χ4v) is 4.63. The molecule has 0 fully saturated rings. The molecule has 35 heavy (non-hydrogen) atoms. The topological polar surface area (TPSA) is 125 Å². The minimum Gasteiger partial charge on any atom is -0.411 e. The lowest BCUT2D eigenvalue weighted by Gasteiger charge is -2.23. The largest absolute Gasteiger partial charge is 0.411 e. The Balaban J connectivity index is 1.79. The van der Waals surface area contributed by atoms with E-state index < -0.39 is 6.04 Å². The molecule has 1 unspecified atom stereocenters. The van der Waals surface area contributed by atoms with Gasteiger partial charge in [-0.05, 0) is 19.1 Å². The van der Waals surface area contributed by atoms with Crippen LogP contribution in [0.25, 0.3) is 27.5 Å². The van der Waals surface area contributed by atoms with Gasteiger partial charge in [0.05, 0.1) is 28.4 Å². The van der Waals surface area contributed by atoms with Crippen LogP contribution in [0, 0.1) is 0 Å². The third-order valence-electron chi connectivity index (χ3n) is 5.74. The van der Waals surface area contributed by atoms with E-state index in [1.54, 1.807) is 30.3 Å². The van der Waals surface area contributed by atoms with Gasteiger partial charge < -0.3 is 15.5 Å². The number of aromatic nitrogens is 4. The minimum absolute atomic E-state index is 0.243. The Hall–Kier alpha value is -4.50. The predicted octanol–water partition coefficient (Wildman–Crippen LogP) is 4.26. The number of pyridine rings is 2. The fraction of sp³-hybridized carbons (Fsp3) is 0.0800. The van der Waals surface area contributed by atoms with Gasteiger partial charge in [-0.1, -0.05) is 53.2 Å². The van der Waals surface area contributed by atoms with Gasteiger partial charge in [-0.3, -0.25) is 14.2 Å². The number of anilines is 1. The van der Waals surface area contributed by atoms with Gasteiger partial charge in [0.15, 0.2) is 5.43 Å². The van der Waals surface area contributed by atoms with Crippen molar-refractivity contribution in [3.05, 3.63) is 104 Å². The van der Waals surface area contributed by atoms with Crippen LogP contribution in [-0.2, 0) is 0 Å². The van der Waals surface area contributed by atoms with E-state index in [-0.39, 0.29) is 11.0 Å². The van der Waals surface area contributed by atoms with Gasteiger partial charge in [0.2, 0.25) is 0 Å². The predicted molar refractivity (Wildman–Crippen MR) is 136 cm³/mol. The Morgan fingerprint density at radius 1 is 1.09 bits per heavy atom. The van der Waals surface area contributed by atoms with Crippen molar-refractivity contribution in [1.29, 1.82) is 0 Å². The molecule has 2 aromatic carbocycles. The van der Waals surface area contributed by atoms with Gasteiger partial charge in [-0.2, -0.15) is 0 Å². The first kappa shape index (κ1) is 22.3. The second-order valence-electron chi connectivity index (χ2n) is 7.84. The Labute approximate surface area is 203 Å². The Morgan fingerprint density at radius 2 is 1.89 bits per heavy atom. The number of para-hydroxylation sites is 1. The van der Waals surface area contributed by atoms with E-state index in [9.17, 15) is 9.59 Å². The average molecular weight is 487 g/mol. The van der Waals surface area contributed by atoms with Crippen LogP contribution in [0.2, 0.25) is 5.02 Å². The van der Waals surface area contributed by atoms with Crippen LogP contribution in [-0.4, -0.2) is 30.9 Å². The van der Waals surface area contributed by atoms with Gasteiger partial charge in [-0.25, -0.2) is 9.97 Å². The normalized spacial score (nSPS) is 12.4. The van der Waals surface area contributed by atoms with E-state index in [1.807, 2.05) is 25.1 Å². The quantitative estimate of drug-likeness (QED) is 0.194. The second kappa shape index (κ2) is 9.03. The first-order chi connectivity index (χ1) is 17.0. The van der Waals surface area contributed by atoms with Crippen molar-refractivity contribution in [1.82, 2.24) is 19.5 Å². The van der Waals surface area contributed by atoms with Crippen LogP contribution >= 0.6 is 11.6 Å². The SMILES string of the molecule is CC(Nc1ncnc2[nH]ccc(=O)c12)c1c(Cl)c2cccc(/C=N/O)c2c(=O)n1-c1ccccc1. The van der Waals surface area contributed by atoms with Crippen molar-refractivity contribution in [2.75, 3.05) is 5.32 Å². The van der Waals surface area contributed by atoms with E-state index in [4.69, 9.17) is 16.8 Å². The molecule has 0 aliphatic heterocycles. The summed E-state index contributed by atoms with van der Waals surface area (Å²) in [4.78, 5) is 37.8. The van der Waals surface area contributed by atoms with Gasteiger partial charge >= 0.3 is 0 Å². The molecule has 3 N–H and O–H groups in total. The summed E-state index contributed by atoms with van der Waals surface area (Å²) >= 11 is 6.94. The lowest BCUT2D eigenvalue weighted by Crippen LogP contribution is -2.27. The zero-order valence-electron chi connectivity index (χ0n) is 18.4. The lowest BCUT2D eigenvalue weighted by atomic mass is 10.0. The van der Waals surface area contributed by atoms with Crippen LogP contribution in [0.5, 0.6) is 0 Å². The monoisotopic (exact) mass is 486 g/mol. The Morgan fingerprint density at radius 3 is 2.66 bits per heavy atom. The van der Waals surface area contributed by atoms with Gasteiger partial charge in [0.1, 0.15) is 23.2 Å². The van der Waals surface area contributed by atoms with Crippen molar-refractivity contribution in [2.24, 2.45) is 5.16 Å². The summed E-state index contributed by atoms with van der Waals surface area (Å²) in [5.74, 6) is 0.314. The van der Waals surface area contributed by atoms with Crippen molar-refractivity contribution < 1.29 is 5.21 Å². The highest BCUT2D eigenvalue weighted by molar-refractivity contribution is 6.36. The Kier molecular flexibility index (Phi) is 5.76. The number of halogens is 1. The zero-order valence-corrected chi connectivity index (χ0v) is 19.2. The molecule has 0 bridgehead atoms. The summed E-state index contributed by atoms with van der Waals surface area (Å²) in [7, 11) is 0. The number of H-pyrrole nitrogens is 1. The van der Waals surface area contributed by atoms with Crippen molar-refractivity contribution >= 4 is 45.4 Å². The molecule has 5 rings (SSSR count). The molecule has 0 spiro atoms. The zero-order chi connectivity index (χ0) is 24.5. The number of hydrogen-bond acceptors (Lipinski definition) is 7. The number of aromatic amines is 1. The van der Waals surface area contributed by atoms with E-state index in [0.29, 0.717) is 49.6 Å². The number of rotatable bonds is 5. The van der Waals surface area contributed by atoms with E-state index in [0.717, 1.165) is 0 Å². The first-order valence-corrected chi connectivity index (χ1v) is 11.1. The van der Waals surface area contributed by atoms with E-state index in [1.165, 1.54) is 29.4 Å². The maximum Gasteiger partial charge on any atom is 0.264 e. The molecule has 0 aliphatic rings. The molecule has 174 valence electrons. The maximum atomic E-state index is 13.9. The molecule has 3 aromatic heterocycles. The van der Waals surface area contributed by atoms with E-state index >= 15 is 0 Å². The molecule has 0 saturated carbocycles. The summed E-state index contributed by atoms with van der Waals surface area (Å²) in [6.07, 6.45) is 4.07. The molecule has 0 radical (unpaired) electrons. The van der Waals surface area contributed by atoms with Crippen molar-refractivity contribution in [2.45, 2.75) is 13.0 Å². The highest BCUT2D eigenvalue weighted by atomic mass is 35.5. The third kappa shape index (κ3) is 3.81. The van der Waals surface area contributed by atoms with Crippen LogP contribution in [0.15, 0.2) is 81.9 Å². The highest BCUT2D eigenvalue weighted by Crippen LogP contribution is 2.33. The smallest absolute Gasteiger partial charge is 0.264 e. The lowest BCUT2D eigenvalue weighted by molar-refractivity contribution is 0.322. The molecule has 10 heteroatoms. The number of benzene rings is 2. The summed E-state index contributed by atoms with van der Waals surface area (Å²) in [5, 5.41) is 16.9. The van der Waals surface area contributed by atoms with Crippen LogP contribution in [0.1, 0.15) is 24.2 Å². The Bertz CT molecular complexity index is 1710. The van der Waals surface area contributed by atoms with Gasteiger partial charge in [0.25, 0.3) is 5.56 Å². The van der Waals surface area contributed by atoms with Crippen LogP contribution in [0.3, 0.4) is 0 Å². The summed E-state index contributed by atoms with van der Waals surface area (Å²) < 4.78 is 1.52. The minimum atomic E-state index is -0.548. The van der Waals surface area contributed by atoms with Gasteiger partial charge in [-0.15, -0.1) is 0 Å². The summed E-state index contributed by atoms with van der Waals surface area (Å²) in [6, 6.07) is 15.1. The number of oxime groups is 1. The number of fused-ring (bicyclic) bond motifs is 2. The van der Waals surface area contributed by atoms with Crippen LogP contribution in [0.4, 0.5) is 5.82 Å². The first-order valence-electron chi connectivity index (χ1n) is 10.7. The molecule has 3 heterocycles. The molecule has 1 atom stereocenters. The summed E-state index contributed by atoms with van der Waals surface area (Å²) in [5.41, 5.74) is 1.33. The van der Waals surface area contributed by atoms with Gasteiger partial charge in [0, 0.05) is 28.9 Å². The number of nitrogens with one attached hydrogen (secondary N) is 2. The molecule has 5 aromatic rings. The molecular weight excluding hydrogens is 468 g/mol. The molecule has 0 saturated heterocycles. The highest BCUT2D eigenvalue weighted by Gasteiger charge is 2.23. The van der Waals surface area contributed by atoms with E-state index in [2.05, 4.69) is 25.4 Å². The maximum absolute atomic E-state index is 13.9. The molecule has 0 aliphatic carbocycles. The fourth-order valence-electron chi connectivity index (χ4n) is 4.23. The summed E-state index contributed by atoms with van der Waals surface area (Å²) in [6.45, 7) is 1.83. The molecule has 9 nitrogen and oxygen atoms in total. The standard InChI is InChI=1S/C25H19ClN6O3/c1-14(31-24-20-18(33)10-11-27-23(20)28-13-29-24)22-21(26)17-9-5-6-15(12-30-35)19(17)25(34)32(22)16-7-3-2-4-8-16/h2-14,35H,1H3,(H2,27,28,29,31,33)/b30-12+. The van der Waals surface area contributed by atoms with Crippen molar-refractivity contribution in [3.8, 4) is 5.69 Å². The van der Waals surface area contributed by atoms with Crippen LogP contribution < -0.4 is 16.3 Å². The molecule has 0 amide bonds. The number of nitrogens with zero attached hydrogens (tertiary/aromatic N) is 4. The molecular formula is C25H19ClN6O3.